The van der Waals surface area contributed by atoms with E-state index in [0.29, 0.717) is 24.3 Å². The number of benzene rings is 3. The van der Waals surface area contributed by atoms with Crippen LogP contribution in [-0.4, -0.2) is 47.7 Å². The summed E-state index contributed by atoms with van der Waals surface area (Å²) in [5.41, 5.74) is 2.47. The number of ether oxygens (including phenoxy) is 1. The minimum atomic E-state index is -3.71. The van der Waals surface area contributed by atoms with Gasteiger partial charge in [0.2, 0.25) is 0 Å². The minimum Gasteiger partial charge on any atom is -0.497 e. The summed E-state index contributed by atoms with van der Waals surface area (Å²) in [6.07, 6.45) is 1.85. The Morgan fingerprint density at radius 2 is 1.76 bits per heavy atom. The van der Waals surface area contributed by atoms with E-state index in [0.717, 1.165) is 23.4 Å². The number of hydrogen-bond acceptors (Lipinski definition) is 7. The van der Waals surface area contributed by atoms with Crippen LogP contribution in [0.15, 0.2) is 90.0 Å². The third kappa shape index (κ3) is 7.18. The summed E-state index contributed by atoms with van der Waals surface area (Å²) >= 11 is 0. The number of nitrogens with one attached hydrogen (secondary N) is 2. The van der Waals surface area contributed by atoms with Gasteiger partial charge >= 0.3 is 0 Å². The molecule has 0 aliphatic heterocycles. The van der Waals surface area contributed by atoms with E-state index < -0.39 is 16.1 Å². The molecule has 1 aromatic heterocycles. The van der Waals surface area contributed by atoms with Gasteiger partial charge in [-0.25, -0.2) is 8.42 Å². The minimum absolute atomic E-state index is 0.179. The number of anilines is 1. The lowest BCUT2D eigenvalue weighted by atomic mass is 9.99. The number of aryl methyl sites for hydroxylation is 1. The van der Waals surface area contributed by atoms with Crippen molar-refractivity contribution in [3.63, 3.8) is 0 Å². The maximum absolute atomic E-state index is 12.6. The lowest BCUT2D eigenvalue weighted by molar-refractivity contribution is 0.158. The number of hydrogen-bond donors (Lipinski definition) is 3. The molecule has 0 fully saturated rings. The number of aliphatic hydroxyl groups is 1. The van der Waals surface area contributed by atoms with Gasteiger partial charge in [-0.15, -0.1) is 5.10 Å². The molecule has 0 aliphatic carbocycles. The molecule has 200 valence electrons. The van der Waals surface area contributed by atoms with E-state index >= 15 is 0 Å². The third-order valence-corrected chi connectivity index (χ3v) is 7.64. The predicted molar refractivity (Wildman–Crippen MR) is 147 cm³/mol. The Kier molecular flexibility index (Phi) is 8.45. The van der Waals surface area contributed by atoms with Gasteiger partial charge in [0.15, 0.2) is 0 Å². The molecule has 0 spiro atoms. The Balaban J connectivity index is 1.31. The highest BCUT2D eigenvalue weighted by molar-refractivity contribution is 7.92. The highest BCUT2D eigenvalue weighted by Crippen LogP contribution is 2.23. The molecule has 9 nitrogen and oxygen atoms in total. The number of nitrogens with zero attached hydrogens (tertiary/aromatic N) is 3. The molecule has 0 amide bonds. The summed E-state index contributed by atoms with van der Waals surface area (Å²) < 4.78 is 34.9. The number of methoxy groups -OCH3 is 1. The summed E-state index contributed by atoms with van der Waals surface area (Å²) in [7, 11) is -2.08. The van der Waals surface area contributed by atoms with Crippen molar-refractivity contribution >= 4 is 15.7 Å². The van der Waals surface area contributed by atoms with Crippen molar-refractivity contribution in [2.75, 3.05) is 18.4 Å². The van der Waals surface area contributed by atoms with Gasteiger partial charge in [-0.2, -0.15) is 0 Å². The molecular formula is C28H33N5O4S. The molecule has 0 saturated heterocycles. The SMILES string of the molecule is COc1ccc(-c2cn(CCC(C)(C)NCC(O)c3cccc(NS(=O)(=O)c4ccccc4)c3)nn2)cc1. The zero-order chi connectivity index (χ0) is 27.2. The molecule has 10 heteroatoms. The van der Waals surface area contributed by atoms with Gasteiger partial charge in [0.1, 0.15) is 11.4 Å². The Morgan fingerprint density at radius 3 is 2.47 bits per heavy atom. The van der Waals surface area contributed by atoms with Crippen molar-refractivity contribution in [2.24, 2.45) is 0 Å². The molecule has 1 atom stereocenters. The lowest BCUT2D eigenvalue weighted by Crippen LogP contribution is -2.42. The van der Waals surface area contributed by atoms with E-state index in [1.54, 1.807) is 49.6 Å². The number of rotatable bonds is 12. The second-order valence-electron chi connectivity index (χ2n) is 9.67. The molecule has 1 heterocycles. The molecule has 0 aliphatic rings. The van der Waals surface area contributed by atoms with E-state index in [-0.39, 0.29) is 10.4 Å². The maximum atomic E-state index is 12.6. The first-order valence-electron chi connectivity index (χ1n) is 12.3. The molecule has 4 aromatic rings. The predicted octanol–water partition coefficient (Wildman–Crippen LogP) is 4.25. The molecule has 0 radical (unpaired) electrons. The zero-order valence-electron chi connectivity index (χ0n) is 21.7. The van der Waals surface area contributed by atoms with Crippen LogP contribution in [-0.2, 0) is 16.6 Å². The summed E-state index contributed by atoms with van der Waals surface area (Å²) in [5, 5.41) is 22.7. The smallest absolute Gasteiger partial charge is 0.261 e. The van der Waals surface area contributed by atoms with Crippen LogP contribution in [0.4, 0.5) is 5.69 Å². The van der Waals surface area contributed by atoms with Crippen molar-refractivity contribution in [1.29, 1.82) is 0 Å². The fourth-order valence-electron chi connectivity index (χ4n) is 3.90. The molecule has 1 unspecified atom stereocenters. The van der Waals surface area contributed by atoms with E-state index in [1.807, 2.05) is 35.1 Å². The fraction of sp³-hybridized carbons (Fsp3) is 0.286. The van der Waals surface area contributed by atoms with Crippen molar-refractivity contribution in [3.05, 3.63) is 90.6 Å². The largest absolute Gasteiger partial charge is 0.497 e. The van der Waals surface area contributed by atoms with Crippen LogP contribution in [0.5, 0.6) is 5.75 Å². The van der Waals surface area contributed by atoms with Crippen molar-refractivity contribution in [3.8, 4) is 17.0 Å². The zero-order valence-corrected chi connectivity index (χ0v) is 22.5. The number of β-amino-alcohol motifs (C(OH)–C–C–N with tert-alkyl or cyclic N) is 1. The summed E-state index contributed by atoms with van der Waals surface area (Å²) in [5.74, 6) is 0.788. The van der Waals surface area contributed by atoms with Crippen LogP contribution < -0.4 is 14.8 Å². The van der Waals surface area contributed by atoms with E-state index in [2.05, 4.69) is 34.2 Å². The standard InChI is InChI=1S/C28H33N5O4S/c1-28(2,16-17-33-20-26(30-32-33)21-12-14-24(37-3)15-13-21)29-19-27(34)22-8-7-9-23(18-22)31-38(35,36)25-10-5-4-6-11-25/h4-15,18,20,27,29,31,34H,16-17,19H2,1-3H3. The quantitative estimate of drug-likeness (QED) is 0.248. The van der Waals surface area contributed by atoms with Gasteiger partial charge in [-0.05, 0) is 74.4 Å². The van der Waals surface area contributed by atoms with Crippen LogP contribution in [0, 0.1) is 0 Å². The van der Waals surface area contributed by atoms with Crippen molar-refractivity contribution in [1.82, 2.24) is 20.3 Å². The Bertz CT molecular complexity index is 1440. The van der Waals surface area contributed by atoms with E-state index in [9.17, 15) is 13.5 Å². The van der Waals surface area contributed by atoms with Crippen LogP contribution in [0.3, 0.4) is 0 Å². The van der Waals surface area contributed by atoms with Crippen molar-refractivity contribution in [2.45, 2.75) is 43.4 Å². The van der Waals surface area contributed by atoms with Gasteiger partial charge in [-0.3, -0.25) is 9.40 Å². The third-order valence-electron chi connectivity index (χ3n) is 6.24. The van der Waals surface area contributed by atoms with Crippen LogP contribution in [0.1, 0.15) is 31.9 Å². The Morgan fingerprint density at radius 1 is 1.03 bits per heavy atom. The van der Waals surface area contributed by atoms with Crippen LogP contribution in [0.2, 0.25) is 0 Å². The first-order chi connectivity index (χ1) is 18.1. The van der Waals surface area contributed by atoms with Gasteiger partial charge in [-0.1, -0.05) is 35.5 Å². The van der Waals surface area contributed by atoms with Gasteiger partial charge < -0.3 is 15.2 Å². The molecule has 3 N–H and O–H groups in total. The maximum Gasteiger partial charge on any atom is 0.261 e. The molecular weight excluding hydrogens is 502 g/mol. The van der Waals surface area contributed by atoms with Gasteiger partial charge in [0, 0.05) is 29.9 Å². The number of sulfonamides is 1. The monoisotopic (exact) mass is 535 g/mol. The molecule has 4 rings (SSSR count). The average molecular weight is 536 g/mol. The van der Waals surface area contributed by atoms with E-state index in [1.165, 1.54) is 12.1 Å². The second-order valence-corrected chi connectivity index (χ2v) is 11.4. The summed E-state index contributed by atoms with van der Waals surface area (Å²) in [6.45, 7) is 5.07. The number of aromatic nitrogens is 3. The Labute approximate surface area is 223 Å². The fourth-order valence-corrected chi connectivity index (χ4v) is 4.97. The molecule has 0 bridgehead atoms. The van der Waals surface area contributed by atoms with Crippen LogP contribution >= 0.6 is 0 Å². The van der Waals surface area contributed by atoms with Gasteiger partial charge in [0.25, 0.3) is 10.0 Å². The topological polar surface area (TPSA) is 118 Å². The van der Waals surface area contributed by atoms with Crippen LogP contribution in [0.25, 0.3) is 11.3 Å². The average Bonchev–Trinajstić information content (AvgIpc) is 3.40. The van der Waals surface area contributed by atoms with Crippen molar-refractivity contribution < 1.29 is 18.3 Å². The normalized spacial score (nSPS) is 12.7. The first-order valence-corrected chi connectivity index (χ1v) is 13.8. The highest BCUT2D eigenvalue weighted by atomic mass is 32.2. The summed E-state index contributed by atoms with van der Waals surface area (Å²) in [6, 6.07) is 22.6. The molecule has 38 heavy (non-hydrogen) atoms. The summed E-state index contributed by atoms with van der Waals surface area (Å²) in [4.78, 5) is 0.179. The molecule has 3 aromatic carbocycles. The molecule has 0 saturated carbocycles. The second kappa shape index (κ2) is 11.8. The Hall–Kier alpha value is -3.73. The van der Waals surface area contributed by atoms with Gasteiger partial charge in [0.05, 0.1) is 24.3 Å². The highest BCUT2D eigenvalue weighted by Gasteiger charge is 2.20. The lowest BCUT2D eigenvalue weighted by Gasteiger charge is -2.28. The number of aliphatic hydroxyl groups excluding tert-OH is 1. The first kappa shape index (κ1) is 27.3. The van der Waals surface area contributed by atoms with E-state index in [4.69, 9.17) is 4.74 Å².